The lowest BCUT2D eigenvalue weighted by Gasteiger charge is -2.38. The number of rotatable bonds is 5. The Hall–Kier alpha value is -0.511. The second-order valence-corrected chi connectivity index (χ2v) is 15.5. The molecule has 0 N–H and O–H groups in total. The molecule has 0 aliphatic carbocycles. The normalized spacial score (nSPS) is 13.2. The van der Waals surface area contributed by atoms with E-state index >= 15 is 0 Å². The van der Waals surface area contributed by atoms with Crippen molar-refractivity contribution >= 4 is 22.5 Å². The lowest BCUT2D eigenvalue weighted by Crippen LogP contribution is -2.41. The zero-order valence-corrected chi connectivity index (χ0v) is 17.5. The average Bonchev–Trinajstić information content (AvgIpc) is 2.46. The Morgan fingerprint density at radius 2 is 1.64 bits per heavy atom. The summed E-state index contributed by atoms with van der Waals surface area (Å²) in [5, 5.41) is 2.68. The van der Waals surface area contributed by atoms with Crippen molar-refractivity contribution in [3.05, 3.63) is 35.9 Å². The standard InChI is InChI=1S/C15H21OSi.2C2H5.Al/c1-7-14(13-11-9-8-10-12-13)16-17(5,6)15(2,3)4;2*1-2;/h8-12,14H,2-6H3;2*1H2,2H3;/t14-;;;/m1.../s1. The molecule has 1 aromatic rings. The summed E-state index contributed by atoms with van der Waals surface area (Å²) in [6.45, 7) is 16.0. The van der Waals surface area contributed by atoms with Crippen LogP contribution in [0.4, 0.5) is 0 Å². The van der Waals surface area contributed by atoms with Gasteiger partial charge in [-0.1, -0.05) is 81.4 Å². The Balaban J connectivity index is 3.08. The van der Waals surface area contributed by atoms with Gasteiger partial charge in [0.05, 0.1) is 0 Å². The fourth-order valence-corrected chi connectivity index (χ4v) is 4.48. The van der Waals surface area contributed by atoms with Crippen LogP contribution in [0.3, 0.4) is 0 Å². The third-order valence-electron chi connectivity index (χ3n) is 4.73. The van der Waals surface area contributed by atoms with Crippen LogP contribution in [0.2, 0.25) is 28.7 Å². The second-order valence-electron chi connectivity index (χ2n) is 7.47. The van der Waals surface area contributed by atoms with E-state index in [4.69, 9.17) is 4.43 Å². The molecule has 0 heterocycles. The smallest absolute Gasteiger partial charge is 0.375 e. The van der Waals surface area contributed by atoms with Crippen molar-refractivity contribution in [2.75, 3.05) is 0 Å². The molecule has 0 radical (unpaired) electrons. The molecule has 0 unspecified atom stereocenters. The Morgan fingerprint density at radius 1 is 1.09 bits per heavy atom. The SMILES string of the molecule is C[CH2][Al]([C]#C[C@@H](O[Si](C)(C)C(C)(C)C)c1ccccc1)[CH2]C. The van der Waals surface area contributed by atoms with E-state index in [9.17, 15) is 0 Å². The van der Waals surface area contributed by atoms with Crippen molar-refractivity contribution in [1.82, 2.24) is 0 Å². The van der Waals surface area contributed by atoms with Crippen LogP contribution < -0.4 is 0 Å². The third kappa shape index (κ3) is 5.60. The van der Waals surface area contributed by atoms with Gasteiger partial charge in [0.1, 0.15) is 6.10 Å². The third-order valence-corrected chi connectivity index (χ3v) is 11.7. The largest absolute Gasteiger partial charge is 0.400 e. The predicted octanol–water partition coefficient (Wildman–Crippen LogP) is 5.83. The molecule has 0 aliphatic rings. The fraction of sp³-hybridized carbons (Fsp3) is 0.579. The maximum atomic E-state index is 6.62. The molecule has 0 fully saturated rings. The summed E-state index contributed by atoms with van der Waals surface area (Å²) in [4.78, 5) is 3.58. The molecule has 0 spiro atoms. The summed E-state index contributed by atoms with van der Waals surface area (Å²) in [5.41, 5.74) is 1.19. The number of benzene rings is 1. The van der Waals surface area contributed by atoms with Crippen LogP contribution in [-0.4, -0.2) is 22.5 Å². The van der Waals surface area contributed by atoms with Crippen LogP contribution in [0.15, 0.2) is 30.3 Å². The molecule has 22 heavy (non-hydrogen) atoms. The lowest BCUT2D eigenvalue weighted by molar-refractivity contribution is 0.238. The molecule has 120 valence electrons. The van der Waals surface area contributed by atoms with Crippen LogP contribution in [0, 0.1) is 10.7 Å². The average molecular weight is 331 g/mol. The predicted molar refractivity (Wildman–Crippen MR) is 102 cm³/mol. The topological polar surface area (TPSA) is 9.23 Å². The first-order valence-corrected chi connectivity index (χ1v) is 13.6. The summed E-state index contributed by atoms with van der Waals surface area (Å²) in [6.07, 6.45) is -0.0739. The molecule has 0 saturated carbocycles. The summed E-state index contributed by atoms with van der Waals surface area (Å²) >= 11 is -0.907. The summed E-state index contributed by atoms with van der Waals surface area (Å²) in [5.74, 6) is 3.49. The van der Waals surface area contributed by atoms with Crippen molar-refractivity contribution in [3.63, 3.8) is 0 Å². The van der Waals surface area contributed by atoms with Gasteiger partial charge in [-0.05, 0) is 23.7 Å². The zero-order valence-electron chi connectivity index (χ0n) is 15.4. The van der Waals surface area contributed by atoms with Crippen molar-refractivity contribution in [2.24, 2.45) is 0 Å². The maximum Gasteiger partial charge on any atom is 0.375 e. The number of hydrogen-bond acceptors (Lipinski definition) is 1. The van der Waals surface area contributed by atoms with Crippen LogP contribution >= 0.6 is 0 Å². The molecule has 0 aliphatic heterocycles. The first-order valence-electron chi connectivity index (χ1n) is 8.45. The Kier molecular flexibility index (Phi) is 7.43. The van der Waals surface area contributed by atoms with Crippen LogP contribution in [0.1, 0.15) is 46.3 Å². The Labute approximate surface area is 143 Å². The van der Waals surface area contributed by atoms with E-state index in [1.807, 2.05) is 0 Å². The lowest BCUT2D eigenvalue weighted by atomic mass is 10.1. The molecule has 0 aromatic heterocycles. The minimum absolute atomic E-state index is 0.0739. The summed E-state index contributed by atoms with van der Waals surface area (Å²) < 4.78 is 6.62. The van der Waals surface area contributed by atoms with Crippen molar-refractivity contribution in [2.45, 2.75) is 69.4 Å². The van der Waals surface area contributed by atoms with E-state index in [0.29, 0.717) is 0 Å². The molecular formula is C19H31AlOSi. The van der Waals surface area contributed by atoms with Crippen molar-refractivity contribution < 1.29 is 4.43 Å². The summed E-state index contributed by atoms with van der Waals surface area (Å²) in [7, 11) is -1.83. The minimum atomic E-state index is -1.83. The van der Waals surface area contributed by atoms with E-state index in [1.54, 1.807) is 0 Å². The molecule has 1 nitrogen and oxygen atoms in total. The Bertz CT molecular complexity index is 504. The summed E-state index contributed by atoms with van der Waals surface area (Å²) in [6, 6.07) is 10.5. The van der Waals surface area contributed by atoms with E-state index in [0.717, 1.165) is 0 Å². The van der Waals surface area contributed by atoms with E-state index in [1.165, 1.54) is 16.1 Å². The molecule has 0 amide bonds. The van der Waals surface area contributed by atoms with Crippen LogP contribution in [0.5, 0.6) is 0 Å². The molecule has 1 rings (SSSR count). The molecule has 0 bridgehead atoms. The fourth-order valence-electron chi connectivity index (χ4n) is 1.97. The van der Waals surface area contributed by atoms with E-state index < -0.39 is 22.5 Å². The highest BCUT2D eigenvalue weighted by Gasteiger charge is 2.39. The van der Waals surface area contributed by atoms with Crippen molar-refractivity contribution in [1.29, 1.82) is 0 Å². The van der Waals surface area contributed by atoms with E-state index in [2.05, 4.69) is 88.7 Å². The van der Waals surface area contributed by atoms with Gasteiger partial charge in [-0.2, -0.15) is 0 Å². The highest BCUT2D eigenvalue weighted by atomic mass is 28.4. The van der Waals surface area contributed by atoms with Gasteiger partial charge < -0.3 is 4.43 Å². The highest BCUT2D eigenvalue weighted by Crippen LogP contribution is 2.39. The van der Waals surface area contributed by atoms with Gasteiger partial charge in [0.15, 0.2) is 8.32 Å². The molecule has 1 aromatic carbocycles. The van der Waals surface area contributed by atoms with Gasteiger partial charge in [0.25, 0.3) is 0 Å². The first kappa shape index (κ1) is 19.5. The van der Waals surface area contributed by atoms with Gasteiger partial charge in [0.2, 0.25) is 0 Å². The van der Waals surface area contributed by atoms with Gasteiger partial charge >= 0.3 is 14.1 Å². The van der Waals surface area contributed by atoms with Crippen molar-refractivity contribution in [3.8, 4) is 10.7 Å². The van der Waals surface area contributed by atoms with E-state index in [-0.39, 0.29) is 11.1 Å². The van der Waals surface area contributed by atoms with Gasteiger partial charge in [0, 0.05) is 0 Å². The molecule has 1 atom stereocenters. The zero-order chi connectivity index (χ0) is 16.8. The minimum Gasteiger partial charge on any atom is -0.400 e. The van der Waals surface area contributed by atoms with Gasteiger partial charge in [-0.25, -0.2) is 4.78 Å². The molecule has 0 saturated heterocycles. The number of hydrogen-bond donors (Lipinski definition) is 0. The second kappa shape index (κ2) is 8.37. The highest BCUT2D eigenvalue weighted by molar-refractivity contribution is 6.74. The Morgan fingerprint density at radius 3 is 2.09 bits per heavy atom. The van der Waals surface area contributed by atoms with Crippen LogP contribution in [0.25, 0.3) is 0 Å². The quantitative estimate of drug-likeness (QED) is 0.488. The molecular weight excluding hydrogens is 299 g/mol. The van der Waals surface area contributed by atoms with Crippen LogP contribution in [-0.2, 0) is 4.43 Å². The van der Waals surface area contributed by atoms with Gasteiger partial charge in [-0.3, -0.25) is 0 Å². The monoisotopic (exact) mass is 330 g/mol. The van der Waals surface area contributed by atoms with Gasteiger partial charge in [-0.15, -0.1) is 0 Å². The maximum absolute atomic E-state index is 6.62. The first-order chi connectivity index (χ1) is 10.2. The molecule has 3 heteroatoms.